The number of piperazine rings is 1. The smallest absolute Gasteiger partial charge is 0.226 e. The van der Waals surface area contributed by atoms with Gasteiger partial charge in [-0.1, -0.05) is 12.8 Å². The first-order valence-electron chi connectivity index (χ1n) is 11.1. The van der Waals surface area contributed by atoms with E-state index in [1.165, 1.54) is 0 Å². The highest BCUT2D eigenvalue weighted by molar-refractivity contribution is 5.92. The van der Waals surface area contributed by atoms with Crippen LogP contribution in [0.25, 0.3) is 11.0 Å². The van der Waals surface area contributed by atoms with Crippen molar-refractivity contribution >= 4 is 28.6 Å². The Balaban J connectivity index is 1.35. The van der Waals surface area contributed by atoms with E-state index < -0.39 is 22.7 Å². The molecule has 2 aromatic rings. The van der Waals surface area contributed by atoms with Gasteiger partial charge in [-0.3, -0.25) is 9.59 Å². The summed E-state index contributed by atoms with van der Waals surface area (Å²) >= 11 is 0. The first-order chi connectivity index (χ1) is 15.0. The van der Waals surface area contributed by atoms with E-state index in [-0.39, 0.29) is 5.91 Å². The number of rotatable bonds is 4. The van der Waals surface area contributed by atoms with Crippen molar-refractivity contribution in [2.24, 2.45) is 22.5 Å². The van der Waals surface area contributed by atoms with Gasteiger partial charge in [-0.25, -0.2) is 4.98 Å². The van der Waals surface area contributed by atoms with Gasteiger partial charge in [0.1, 0.15) is 11.4 Å². The number of carbonyl (C=O) groups excluding carboxylic acids is 2. The summed E-state index contributed by atoms with van der Waals surface area (Å²) in [6.45, 7) is 2.42. The zero-order chi connectivity index (χ0) is 21.6. The Labute approximate surface area is 181 Å². The predicted molar refractivity (Wildman–Crippen MR) is 114 cm³/mol. The summed E-state index contributed by atoms with van der Waals surface area (Å²) < 4.78 is 5.48. The van der Waals surface area contributed by atoms with Crippen molar-refractivity contribution in [3.63, 3.8) is 0 Å². The van der Waals surface area contributed by atoms with Gasteiger partial charge in [-0.2, -0.15) is 5.26 Å². The molecule has 31 heavy (non-hydrogen) atoms. The van der Waals surface area contributed by atoms with E-state index in [0.29, 0.717) is 51.9 Å². The first-order valence-corrected chi connectivity index (χ1v) is 11.1. The number of furan rings is 1. The lowest BCUT2D eigenvalue weighted by atomic mass is 9.57. The molecule has 0 radical (unpaired) electrons. The Morgan fingerprint density at radius 1 is 1.16 bits per heavy atom. The minimum Gasteiger partial charge on any atom is -0.464 e. The van der Waals surface area contributed by atoms with Crippen LogP contribution < -0.4 is 10.6 Å². The predicted octanol–water partition coefficient (Wildman–Crippen LogP) is 2.44. The number of pyridine rings is 1. The van der Waals surface area contributed by atoms with E-state index in [9.17, 15) is 14.9 Å². The molecular formula is C23H27N5O3. The van der Waals surface area contributed by atoms with Crippen molar-refractivity contribution < 1.29 is 14.0 Å². The number of nitriles is 1. The molecule has 2 aliphatic carbocycles. The number of aromatic nitrogens is 1. The molecule has 2 atom stereocenters. The highest BCUT2D eigenvalue weighted by Crippen LogP contribution is 2.65. The molecular weight excluding hydrogens is 394 g/mol. The average Bonchev–Trinajstić information content (AvgIpc) is 3.47. The monoisotopic (exact) mass is 421 g/mol. The molecule has 3 heterocycles. The second kappa shape index (κ2) is 7.26. The molecule has 0 aromatic carbocycles. The van der Waals surface area contributed by atoms with Crippen LogP contribution in [0, 0.1) is 28.1 Å². The minimum absolute atomic E-state index is 0.0193. The number of fused-ring (bicyclic) bond motifs is 1. The summed E-state index contributed by atoms with van der Waals surface area (Å²) in [7, 11) is 0. The van der Waals surface area contributed by atoms with E-state index in [1.807, 2.05) is 17.0 Å². The minimum atomic E-state index is -1.03. The second-order valence-corrected chi connectivity index (χ2v) is 9.11. The topological polar surface area (TPSA) is 116 Å². The van der Waals surface area contributed by atoms with Crippen LogP contribution in [-0.2, 0) is 9.59 Å². The van der Waals surface area contributed by atoms with Crippen LogP contribution in [0.2, 0.25) is 0 Å². The Morgan fingerprint density at radius 2 is 1.94 bits per heavy atom. The molecule has 3 fully saturated rings. The lowest BCUT2D eigenvalue weighted by Crippen LogP contribution is -2.58. The van der Waals surface area contributed by atoms with E-state index in [1.54, 1.807) is 12.5 Å². The molecule has 2 unspecified atom stereocenters. The quantitative estimate of drug-likeness (QED) is 0.810. The molecule has 8 nitrogen and oxygen atoms in total. The van der Waals surface area contributed by atoms with Crippen LogP contribution in [0.5, 0.6) is 0 Å². The van der Waals surface area contributed by atoms with Gasteiger partial charge in [0.25, 0.3) is 0 Å². The number of nitrogens with two attached hydrogens (primary N) is 1. The van der Waals surface area contributed by atoms with Crippen molar-refractivity contribution in [2.75, 3.05) is 31.1 Å². The largest absolute Gasteiger partial charge is 0.464 e. The molecule has 2 aromatic heterocycles. The second-order valence-electron chi connectivity index (χ2n) is 9.11. The average molecular weight is 422 g/mol. The van der Waals surface area contributed by atoms with Gasteiger partial charge in [0, 0.05) is 32.4 Å². The molecule has 0 bridgehead atoms. The Morgan fingerprint density at radius 3 is 2.61 bits per heavy atom. The lowest BCUT2D eigenvalue weighted by Gasteiger charge is -2.46. The van der Waals surface area contributed by atoms with Crippen molar-refractivity contribution in [1.82, 2.24) is 9.88 Å². The summed E-state index contributed by atoms with van der Waals surface area (Å²) in [5.74, 6) is -0.125. The Bertz CT molecular complexity index is 1060. The zero-order valence-corrected chi connectivity index (χ0v) is 17.5. The third-order valence-electron chi connectivity index (χ3n) is 7.71. The molecule has 2 saturated carbocycles. The van der Waals surface area contributed by atoms with Gasteiger partial charge in [0.2, 0.25) is 11.8 Å². The fraction of sp³-hybridized carbons (Fsp3) is 0.565. The van der Waals surface area contributed by atoms with Crippen molar-refractivity contribution in [3.05, 3.63) is 24.6 Å². The van der Waals surface area contributed by atoms with Crippen LogP contribution in [0.4, 0.5) is 5.82 Å². The van der Waals surface area contributed by atoms with Gasteiger partial charge >= 0.3 is 0 Å². The number of hydrogen-bond acceptors (Lipinski definition) is 6. The van der Waals surface area contributed by atoms with E-state index >= 15 is 0 Å². The third kappa shape index (κ3) is 2.90. The van der Waals surface area contributed by atoms with Crippen molar-refractivity contribution in [2.45, 2.75) is 38.5 Å². The number of hydrogen-bond donors (Lipinski definition) is 1. The Hall–Kier alpha value is -3.08. The fourth-order valence-corrected chi connectivity index (χ4v) is 5.88. The molecule has 1 aliphatic heterocycles. The Kier molecular flexibility index (Phi) is 4.65. The highest BCUT2D eigenvalue weighted by atomic mass is 16.3. The summed E-state index contributed by atoms with van der Waals surface area (Å²) in [5, 5.41) is 10.8. The van der Waals surface area contributed by atoms with Gasteiger partial charge in [-0.15, -0.1) is 0 Å². The molecule has 3 aliphatic rings. The lowest BCUT2D eigenvalue weighted by molar-refractivity contribution is -0.154. The van der Waals surface area contributed by atoms with Crippen molar-refractivity contribution in [3.8, 4) is 6.07 Å². The van der Waals surface area contributed by atoms with Crippen molar-refractivity contribution in [1.29, 1.82) is 5.26 Å². The van der Waals surface area contributed by atoms with Gasteiger partial charge in [-0.05, 0) is 37.8 Å². The van der Waals surface area contributed by atoms with Crippen LogP contribution in [0.15, 0.2) is 29.0 Å². The number of amides is 2. The third-order valence-corrected chi connectivity index (χ3v) is 7.71. The molecule has 162 valence electrons. The maximum Gasteiger partial charge on any atom is 0.226 e. The van der Waals surface area contributed by atoms with Gasteiger partial charge < -0.3 is 20.0 Å². The van der Waals surface area contributed by atoms with Crippen LogP contribution in [-0.4, -0.2) is 47.9 Å². The van der Waals surface area contributed by atoms with E-state index in [2.05, 4.69) is 16.0 Å². The maximum absolute atomic E-state index is 13.6. The molecule has 0 spiro atoms. The SMILES string of the molecule is N#CC1(C2(C(N)=O)CCCCC2C(=O)N2CCN(c3nccc4occc34)CC2)CC1. The summed E-state index contributed by atoms with van der Waals surface area (Å²) in [6, 6.07) is 6.13. The zero-order valence-electron chi connectivity index (χ0n) is 17.5. The normalized spacial score (nSPS) is 27.6. The maximum atomic E-state index is 13.6. The molecule has 8 heteroatoms. The highest BCUT2D eigenvalue weighted by Gasteiger charge is 2.68. The molecule has 1 saturated heterocycles. The van der Waals surface area contributed by atoms with Crippen LogP contribution in [0.1, 0.15) is 38.5 Å². The number of carbonyl (C=O) groups is 2. The molecule has 2 amide bonds. The van der Waals surface area contributed by atoms with E-state index in [0.717, 1.165) is 29.6 Å². The summed E-state index contributed by atoms with van der Waals surface area (Å²) in [6.07, 6.45) is 7.60. The molecule has 5 rings (SSSR count). The van der Waals surface area contributed by atoms with Crippen LogP contribution in [0.3, 0.4) is 0 Å². The van der Waals surface area contributed by atoms with Gasteiger partial charge in [0.05, 0.1) is 34.5 Å². The fourth-order valence-electron chi connectivity index (χ4n) is 5.88. The summed E-state index contributed by atoms with van der Waals surface area (Å²) in [5.41, 5.74) is 4.92. The number of primary amides is 1. The summed E-state index contributed by atoms with van der Waals surface area (Å²) in [4.78, 5) is 34.9. The standard InChI is InChI=1S/C23H27N5O3/c24-15-22(7-8-22)23(21(25)30)6-2-1-3-17(23)20(29)28-12-10-27(11-13-28)19-16-5-14-31-18(16)4-9-26-19/h4-5,9,14,17H,1-3,6-8,10-13H2,(H2,25,30). The first kappa shape index (κ1) is 19.9. The van der Waals surface area contributed by atoms with Crippen LogP contribution >= 0.6 is 0 Å². The van der Waals surface area contributed by atoms with E-state index in [4.69, 9.17) is 10.2 Å². The number of nitrogens with zero attached hydrogens (tertiary/aromatic N) is 4. The van der Waals surface area contributed by atoms with Gasteiger partial charge in [0.15, 0.2) is 0 Å². The number of anilines is 1. The molecule has 2 N–H and O–H groups in total.